The van der Waals surface area contributed by atoms with Gasteiger partial charge in [-0.3, -0.25) is 14.6 Å². The third kappa shape index (κ3) is 3.21. The Morgan fingerprint density at radius 2 is 2.32 bits per heavy atom. The van der Waals surface area contributed by atoms with Gasteiger partial charge in [0.1, 0.15) is 5.75 Å². The zero-order valence-corrected chi connectivity index (χ0v) is 10.8. The molecule has 1 saturated heterocycles. The fourth-order valence-corrected chi connectivity index (χ4v) is 2.21. The van der Waals surface area contributed by atoms with Crippen LogP contribution in [0.15, 0.2) is 24.5 Å². The van der Waals surface area contributed by atoms with Crippen LogP contribution in [0.1, 0.15) is 6.92 Å². The summed E-state index contributed by atoms with van der Waals surface area (Å²) < 4.78 is 5.34. The van der Waals surface area contributed by atoms with Crippen molar-refractivity contribution in [1.29, 1.82) is 0 Å². The Morgan fingerprint density at radius 3 is 2.89 bits per heavy atom. The highest BCUT2D eigenvalue weighted by Crippen LogP contribution is 2.22. The van der Waals surface area contributed by atoms with Gasteiger partial charge >= 0.3 is 0 Å². The fraction of sp³-hybridized carbons (Fsp3) is 0.462. The van der Waals surface area contributed by atoms with E-state index in [2.05, 4.69) is 4.98 Å². The molecule has 102 valence electrons. The van der Waals surface area contributed by atoms with Crippen molar-refractivity contribution in [2.45, 2.75) is 6.92 Å². The first-order valence-corrected chi connectivity index (χ1v) is 6.18. The van der Waals surface area contributed by atoms with Crippen LogP contribution in [0.2, 0.25) is 0 Å². The summed E-state index contributed by atoms with van der Waals surface area (Å²) >= 11 is 0. The lowest BCUT2D eigenvalue weighted by Crippen LogP contribution is -2.34. The average molecular weight is 263 g/mol. The Kier molecular flexibility index (Phi) is 3.99. The van der Waals surface area contributed by atoms with Crippen LogP contribution in [0.3, 0.4) is 0 Å². The molecule has 1 aliphatic rings. The van der Waals surface area contributed by atoms with E-state index < -0.39 is 0 Å². The number of nitrogens with two attached hydrogens (primary N) is 1. The van der Waals surface area contributed by atoms with E-state index in [-0.39, 0.29) is 30.3 Å². The highest BCUT2D eigenvalue weighted by molar-refractivity contribution is 5.82. The molecule has 2 heterocycles. The Labute approximate surface area is 111 Å². The first-order valence-electron chi connectivity index (χ1n) is 6.18. The molecular weight excluding hydrogens is 246 g/mol. The normalized spacial score (nSPS) is 22.3. The van der Waals surface area contributed by atoms with E-state index in [0.717, 1.165) is 0 Å². The van der Waals surface area contributed by atoms with Crippen molar-refractivity contribution in [1.82, 2.24) is 9.88 Å². The maximum absolute atomic E-state index is 12.0. The second-order valence-corrected chi connectivity index (χ2v) is 4.76. The molecule has 0 aliphatic carbocycles. The van der Waals surface area contributed by atoms with Gasteiger partial charge in [-0.25, -0.2) is 0 Å². The van der Waals surface area contributed by atoms with Gasteiger partial charge in [-0.2, -0.15) is 0 Å². The lowest BCUT2D eigenvalue weighted by atomic mass is 9.98. The van der Waals surface area contributed by atoms with Crippen LogP contribution in [-0.2, 0) is 9.59 Å². The lowest BCUT2D eigenvalue weighted by molar-refractivity contribution is -0.132. The number of primary amides is 1. The third-order valence-electron chi connectivity index (χ3n) is 3.33. The maximum Gasteiger partial charge on any atom is 0.260 e. The van der Waals surface area contributed by atoms with Crippen molar-refractivity contribution < 1.29 is 14.3 Å². The number of carbonyl (C=O) groups is 2. The molecule has 1 aliphatic heterocycles. The van der Waals surface area contributed by atoms with E-state index >= 15 is 0 Å². The summed E-state index contributed by atoms with van der Waals surface area (Å²) in [6.45, 7) is 2.79. The predicted molar refractivity (Wildman–Crippen MR) is 68.2 cm³/mol. The molecular formula is C13H17N3O3. The second kappa shape index (κ2) is 5.69. The molecule has 1 fully saturated rings. The number of hydrogen-bond donors (Lipinski definition) is 1. The summed E-state index contributed by atoms with van der Waals surface area (Å²) in [5, 5.41) is 0. The van der Waals surface area contributed by atoms with E-state index in [9.17, 15) is 9.59 Å². The first-order chi connectivity index (χ1) is 9.08. The van der Waals surface area contributed by atoms with Gasteiger partial charge in [-0.1, -0.05) is 6.92 Å². The minimum Gasteiger partial charge on any atom is -0.482 e. The van der Waals surface area contributed by atoms with Gasteiger partial charge in [-0.05, 0) is 18.1 Å². The van der Waals surface area contributed by atoms with Gasteiger partial charge in [0.2, 0.25) is 5.91 Å². The number of hydrogen-bond acceptors (Lipinski definition) is 4. The largest absolute Gasteiger partial charge is 0.482 e. The number of amides is 2. The molecule has 0 spiro atoms. The van der Waals surface area contributed by atoms with Gasteiger partial charge in [0.25, 0.3) is 5.91 Å². The summed E-state index contributed by atoms with van der Waals surface area (Å²) in [6, 6.07) is 3.47. The fourth-order valence-electron chi connectivity index (χ4n) is 2.21. The highest BCUT2D eigenvalue weighted by atomic mass is 16.5. The van der Waals surface area contributed by atoms with E-state index in [1.807, 2.05) is 6.92 Å². The number of likely N-dealkylation sites (tertiary alicyclic amines) is 1. The lowest BCUT2D eigenvalue weighted by Gasteiger charge is -2.16. The molecule has 2 amide bonds. The van der Waals surface area contributed by atoms with Crippen LogP contribution in [0, 0.1) is 11.8 Å². The quantitative estimate of drug-likeness (QED) is 0.831. The predicted octanol–water partition coefficient (Wildman–Crippen LogP) is 0.0402. The van der Waals surface area contributed by atoms with Crippen molar-refractivity contribution in [3.05, 3.63) is 24.5 Å². The first kappa shape index (κ1) is 13.3. The molecule has 6 nitrogen and oxygen atoms in total. The number of pyridine rings is 1. The zero-order valence-electron chi connectivity index (χ0n) is 10.8. The van der Waals surface area contributed by atoms with E-state index in [1.165, 1.54) is 0 Å². The van der Waals surface area contributed by atoms with E-state index in [0.29, 0.717) is 18.8 Å². The molecule has 1 aromatic heterocycles. The number of nitrogens with zero attached hydrogens (tertiary/aromatic N) is 2. The monoisotopic (exact) mass is 263 g/mol. The summed E-state index contributed by atoms with van der Waals surface area (Å²) in [5.74, 6) is -0.104. The van der Waals surface area contributed by atoms with Gasteiger partial charge < -0.3 is 15.4 Å². The molecule has 6 heteroatoms. The van der Waals surface area contributed by atoms with Crippen LogP contribution in [0.5, 0.6) is 5.75 Å². The second-order valence-electron chi connectivity index (χ2n) is 4.76. The zero-order chi connectivity index (χ0) is 13.8. The Morgan fingerprint density at radius 1 is 1.53 bits per heavy atom. The van der Waals surface area contributed by atoms with Crippen molar-refractivity contribution in [2.75, 3.05) is 19.7 Å². The molecule has 2 rings (SSSR count). The molecule has 0 unspecified atom stereocenters. The molecule has 0 radical (unpaired) electrons. The van der Waals surface area contributed by atoms with Gasteiger partial charge in [-0.15, -0.1) is 0 Å². The number of ether oxygens (including phenoxy) is 1. The molecule has 2 N–H and O–H groups in total. The smallest absolute Gasteiger partial charge is 0.260 e. The molecule has 19 heavy (non-hydrogen) atoms. The van der Waals surface area contributed by atoms with E-state index in [1.54, 1.807) is 29.4 Å². The van der Waals surface area contributed by atoms with Crippen molar-refractivity contribution in [3.63, 3.8) is 0 Å². The minimum atomic E-state index is -0.351. The number of rotatable bonds is 4. The summed E-state index contributed by atoms with van der Waals surface area (Å²) in [5.41, 5.74) is 5.30. The summed E-state index contributed by atoms with van der Waals surface area (Å²) in [4.78, 5) is 28.7. The highest BCUT2D eigenvalue weighted by Gasteiger charge is 2.35. The van der Waals surface area contributed by atoms with Crippen molar-refractivity contribution in [2.24, 2.45) is 17.6 Å². The third-order valence-corrected chi connectivity index (χ3v) is 3.33. The van der Waals surface area contributed by atoms with Crippen molar-refractivity contribution >= 4 is 11.8 Å². The molecule has 2 atom stereocenters. The van der Waals surface area contributed by atoms with Crippen LogP contribution in [0.25, 0.3) is 0 Å². The van der Waals surface area contributed by atoms with Gasteiger partial charge in [0.15, 0.2) is 6.61 Å². The standard InChI is InChI=1S/C13H17N3O3/c1-9-6-16(7-11(9)13(14)18)12(17)8-19-10-3-2-4-15-5-10/h2-5,9,11H,6-8H2,1H3,(H2,14,18)/t9-,11-/m1/s1. The Hall–Kier alpha value is -2.11. The van der Waals surface area contributed by atoms with Crippen LogP contribution in [0.4, 0.5) is 0 Å². The molecule has 1 aromatic rings. The topological polar surface area (TPSA) is 85.5 Å². The Balaban J connectivity index is 1.86. The Bertz CT molecular complexity index is 463. The van der Waals surface area contributed by atoms with Crippen LogP contribution >= 0.6 is 0 Å². The minimum absolute atomic E-state index is 0.0517. The van der Waals surface area contributed by atoms with Crippen LogP contribution in [-0.4, -0.2) is 41.4 Å². The van der Waals surface area contributed by atoms with E-state index in [4.69, 9.17) is 10.5 Å². The molecule has 0 bridgehead atoms. The molecule has 0 aromatic carbocycles. The molecule has 0 saturated carbocycles. The van der Waals surface area contributed by atoms with Gasteiger partial charge in [0, 0.05) is 19.3 Å². The number of carbonyl (C=O) groups excluding carboxylic acids is 2. The summed E-state index contributed by atoms with van der Waals surface area (Å²) in [6.07, 6.45) is 3.18. The van der Waals surface area contributed by atoms with Crippen molar-refractivity contribution in [3.8, 4) is 5.75 Å². The SMILES string of the molecule is C[C@@H]1CN(C(=O)COc2cccnc2)C[C@H]1C(N)=O. The average Bonchev–Trinajstić information content (AvgIpc) is 2.79. The number of aromatic nitrogens is 1. The van der Waals surface area contributed by atoms with Crippen LogP contribution < -0.4 is 10.5 Å². The maximum atomic E-state index is 12.0. The summed E-state index contributed by atoms with van der Waals surface area (Å²) in [7, 11) is 0. The van der Waals surface area contributed by atoms with Gasteiger partial charge in [0.05, 0.1) is 12.1 Å².